The zero-order chi connectivity index (χ0) is 26.8. The second kappa shape index (κ2) is 10.5. The van der Waals surface area contributed by atoms with Crippen LogP contribution in [0.15, 0.2) is 60.7 Å². The number of hydrogen-bond donors (Lipinski definition) is 1. The summed E-state index contributed by atoms with van der Waals surface area (Å²) in [6, 6.07) is 11.7. The molecule has 1 aliphatic heterocycles. The molecule has 1 atom stereocenters. The lowest BCUT2D eigenvalue weighted by Crippen LogP contribution is -2.55. The molecule has 1 aromatic heterocycles. The van der Waals surface area contributed by atoms with Gasteiger partial charge in [0.15, 0.2) is 17.2 Å². The van der Waals surface area contributed by atoms with Crippen LogP contribution >= 0.6 is 0 Å². The lowest BCUT2D eigenvalue weighted by Gasteiger charge is -2.46. The van der Waals surface area contributed by atoms with E-state index in [-0.39, 0.29) is 13.0 Å². The Kier molecular flexibility index (Phi) is 7.18. The van der Waals surface area contributed by atoms with Gasteiger partial charge in [-0.2, -0.15) is 0 Å². The van der Waals surface area contributed by atoms with Gasteiger partial charge in [0, 0.05) is 31.9 Å². The number of ether oxygens (including phenoxy) is 2. The van der Waals surface area contributed by atoms with E-state index in [1.165, 1.54) is 35.0 Å². The highest BCUT2D eigenvalue weighted by molar-refractivity contribution is 6.01. The van der Waals surface area contributed by atoms with Crippen molar-refractivity contribution in [2.45, 2.75) is 49.9 Å². The number of carbonyl (C=O) groups is 1. The summed E-state index contributed by atoms with van der Waals surface area (Å²) in [5.41, 5.74) is 0.621. The normalized spacial score (nSPS) is 21.0. The molecule has 1 saturated carbocycles. The van der Waals surface area contributed by atoms with E-state index in [1.54, 1.807) is 37.4 Å². The topological polar surface area (TPSA) is 99.4 Å². The quantitative estimate of drug-likeness (QED) is 0.459. The van der Waals surface area contributed by atoms with Crippen molar-refractivity contribution in [1.82, 2.24) is 20.2 Å². The summed E-state index contributed by atoms with van der Waals surface area (Å²) in [5.74, 6) is -2.55. The number of nitrogens with zero attached hydrogens (tertiary/aromatic N) is 4. The zero-order valence-corrected chi connectivity index (χ0v) is 20.9. The third-order valence-corrected chi connectivity index (χ3v) is 7.10. The van der Waals surface area contributed by atoms with Crippen molar-refractivity contribution in [3.63, 3.8) is 0 Å². The summed E-state index contributed by atoms with van der Waals surface area (Å²) in [5, 5.41) is 22.2. The highest BCUT2D eigenvalue weighted by Crippen LogP contribution is 2.42. The van der Waals surface area contributed by atoms with Crippen molar-refractivity contribution < 1.29 is 28.2 Å². The fourth-order valence-electron chi connectivity index (χ4n) is 5.13. The van der Waals surface area contributed by atoms with Crippen LogP contribution in [-0.4, -0.2) is 49.3 Å². The second-order valence-corrected chi connectivity index (χ2v) is 9.63. The molecule has 198 valence electrons. The number of hydrogen-bond acceptors (Lipinski definition) is 6. The first kappa shape index (κ1) is 25.9. The molecule has 1 N–H and O–H groups in total. The molecule has 1 spiro atoms. The Labute approximate surface area is 218 Å². The average molecular weight is 523 g/mol. The predicted molar refractivity (Wildman–Crippen MR) is 134 cm³/mol. The molecule has 8 nitrogen and oxygen atoms in total. The third kappa shape index (κ3) is 5.14. The first-order valence-electron chi connectivity index (χ1n) is 12.6. The standard InChI is InChI=1S/C28H28F2N4O4/c1-34-25(31-32-33-34)23(24(19-5-9-21(29)10-6-19)20-7-11-22(30)12-8-20)13-16-27(26(35)36)17-18-37-28(38-27)14-3-2-4-15-28/h5-13,16H,2-4,14-15,17-18H2,1H3,(H,35,36). The van der Waals surface area contributed by atoms with E-state index in [1.807, 2.05) is 0 Å². The maximum Gasteiger partial charge on any atom is 0.340 e. The molecule has 2 fully saturated rings. The van der Waals surface area contributed by atoms with Crippen LogP contribution in [0.5, 0.6) is 0 Å². The minimum absolute atomic E-state index is 0.118. The van der Waals surface area contributed by atoms with Gasteiger partial charge in [-0.05, 0) is 70.3 Å². The van der Waals surface area contributed by atoms with Gasteiger partial charge in [-0.1, -0.05) is 36.8 Å². The van der Waals surface area contributed by atoms with Gasteiger partial charge in [0.25, 0.3) is 0 Å². The Bertz CT molecular complexity index is 1310. The first-order chi connectivity index (χ1) is 18.3. The summed E-state index contributed by atoms with van der Waals surface area (Å²) >= 11 is 0. The van der Waals surface area contributed by atoms with Crippen LogP contribution in [0, 0.1) is 11.6 Å². The summed E-state index contributed by atoms with van der Waals surface area (Å²) < 4.78 is 41.4. The largest absolute Gasteiger partial charge is 0.479 e. The van der Waals surface area contributed by atoms with Crippen molar-refractivity contribution >= 4 is 17.1 Å². The van der Waals surface area contributed by atoms with Crippen LogP contribution in [0.1, 0.15) is 55.5 Å². The van der Waals surface area contributed by atoms with Gasteiger partial charge in [0.1, 0.15) is 11.6 Å². The number of aryl methyl sites for hydroxylation is 1. The Morgan fingerprint density at radius 3 is 2.11 bits per heavy atom. The van der Waals surface area contributed by atoms with Gasteiger partial charge < -0.3 is 14.6 Å². The maximum absolute atomic E-state index is 13.8. The van der Waals surface area contributed by atoms with Gasteiger partial charge >= 0.3 is 5.97 Å². The fraction of sp³-hybridized carbons (Fsp3) is 0.357. The number of aliphatic carboxylic acids is 1. The van der Waals surface area contributed by atoms with E-state index in [4.69, 9.17) is 9.47 Å². The lowest BCUT2D eigenvalue weighted by molar-refractivity contribution is -0.321. The molecule has 0 bridgehead atoms. The molecule has 1 saturated heterocycles. The molecule has 1 unspecified atom stereocenters. The van der Waals surface area contributed by atoms with E-state index < -0.39 is 29.0 Å². The van der Waals surface area contributed by atoms with Crippen LogP contribution < -0.4 is 0 Å². The van der Waals surface area contributed by atoms with Gasteiger partial charge in [0.2, 0.25) is 0 Å². The number of tetrazole rings is 1. The number of rotatable bonds is 6. The number of aromatic nitrogens is 4. The monoisotopic (exact) mass is 522 g/mol. The Morgan fingerprint density at radius 2 is 1.58 bits per heavy atom. The third-order valence-electron chi connectivity index (χ3n) is 7.10. The predicted octanol–water partition coefficient (Wildman–Crippen LogP) is 4.92. The molecular formula is C28H28F2N4O4. The molecule has 2 aliphatic rings. The van der Waals surface area contributed by atoms with Crippen LogP contribution in [-0.2, 0) is 21.3 Å². The molecule has 0 amide bonds. The minimum Gasteiger partial charge on any atom is -0.479 e. The van der Waals surface area contributed by atoms with Crippen molar-refractivity contribution in [2.75, 3.05) is 6.61 Å². The number of carboxylic acids is 1. The number of carboxylic acid groups (broad SMARTS) is 1. The molecule has 3 aromatic rings. The number of benzene rings is 2. The molecular weight excluding hydrogens is 494 g/mol. The average Bonchev–Trinajstić information content (AvgIpc) is 3.34. The van der Waals surface area contributed by atoms with Gasteiger partial charge in [-0.3, -0.25) is 0 Å². The zero-order valence-electron chi connectivity index (χ0n) is 20.9. The Morgan fingerprint density at radius 1 is 0.974 bits per heavy atom. The fourth-order valence-corrected chi connectivity index (χ4v) is 5.13. The Balaban J connectivity index is 1.69. The van der Waals surface area contributed by atoms with E-state index in [9.17, 15) is 18.7 Å². The second-order valence-electron chi connectivity index (χ2n) is 9.63. The van der Waals surface area contributed by atoms with E-state index >= 15 is 0 Å². The van der Waals surface area contributed by atoms with Crippen molar-refractivity contribution in [2.24, 2.45) is 7.05 Å². The summed E-state index contributed by atoms with van der Waals surface area (Å²) in [7, 11) is 1.66. The van der Waals surface area contributed by atoms with Gasteiger partial charge in [-0.25, -0.2) is 18.3 Å². The number of halogens is 2. The Hall–Kier alpha value is -3.76. The lowest BCUT2D eigenvalue weighted by atomic mass is 9.88. The summed E-state index contributed by atoms with van der Waals surface area (Å²) in [4.78, 5) is 12.7. The van der Waals surface area contributed by atoms with Gasteiger partial charge in [-0.15, -0.1) is 5.10 Å². The van der Waals surface area contributed by atoms with Crippen LogP contribution in [0.25, 0.3) is 11.1 Å². The molecule has 2 heterocycles. The van der Waals surface area contributed by atoms with E-state index in [0.29, 0.717) is 40.9 Å². The highest BCUT2D eigenvalue weighted by Gasteiger charge is 2.50. The van der Waals surface area contributed by atoms with Crippen molar-refractivity contribution in [3.8, 4) is 0 Å². The molecule has 1 aliphatic carbocycles. The van der Waals surface area contributed by atoms with Gasteiger partial charge in [0.05, 0.1) is 6.61 Å². The summed E-state index contributed by atoms with van der Waals surface area (Å²) in [6.07, 6.45) is 7.37. The molecule has 10 heteroatoms. The molecule has 2 aromatic carbocycles. The van der Waals surface area contributed by atoms with Crippen LogP contribution in [0.4, 0.5) is 8.78 Å². The molecule has 0 radical (unpaired) electrons. The SMILES string of the molecule is Cn1nnnc1C(C=CC1(C(=O)O)CCOC2(CCCCC2)O1)=C(c1ccc(F)cc1)c1ccc(F)cc1. The smallest absolute Gasteiger partial charge is 0.340 e. The van der Waals surface area contributed by atoms with E-state index in [2.05, 4.69) is 15.5 Å². The van der Waals surface area contributed by atoms with E-state index in [0.717, 1.165) is 19.3 Å². The molecule has 5 rings (SSSR count). The van der Waals surface area contributed by atoms with Crippen molar-refractivity contribution in [1.29, 1.82) is 0 Å². The highest BCUT2D eigenvalue weighted by atomic mass is 19.1. The minimum atomic E-state index is -1.64. The first-order valence-corrected chi connectivity index (χ1v) is 12.6. The summed E-state index contributed by atoms with van der Waals surface area (Å²) in [6.45, 7) is 0.240. The van der Waals surface area contributed by atoms with Crippen LogP contribution in [0.3, 0.4) is 0 Å². The van der Waals surface area contributed by atoms with Crippen LogP contribution in [0.2, 0.25) is 0 Å². The molecule has 38 heavy (non-hydrogen) atoms. The number of allylic oxidation sites excluding steroid dienone is 2. The van der Waals surface area contributed by atoms with Crippen molar-refractivity contribution in [3.05, 3.63) is 89.3 Å². The maximum atomic E-state index is 13.8.